The molecule has 2 rings (SSSR count). The van der Waals surface area contributed by atoms with Crippen molar-refractivity contribution in [2.24, 2.45) is 11.7 Å². The molecule has 0 aromatic heterocycles. The number of carboxylic acid groups (broad SMARTS) is 1. The molecular weight excluding hydrogens is 268 g/mol. The topological polar surface area (TPSA) is 92.4 Å². The molecule has 4 N–H and O–H groups in total. The van der Waals surface area contributed by atoms with Crippen LogP contribution in [0.2, 0.25) is 0 Å². The predicted molar refractivity (Wildman–Crippen MR) is 80.0 cm³/mol. The molecule has 0 radical (unpaired) electrons. The highest BCUT2D eigenvalue weighted by atomic mass is 16.4. The van der Waals surface area contributed by atoms with E-state index in [4.69, 9.17) is 10.8 Å². The van der Waals surface area contributed by atoms with E-state index in [-0.39, 0.29) is 23.4 Å². The molecule has 1 aromatic carbocycles. The fourth-order valence-corrected chi connectivity index (χ4v) is 2.67. The first kappa shape index (κ1) is 15.5. The Labute approximate surface area is 124 Å². The van der Waals surface area contributed by atoms with Crippen LogP contribution in [0, 0.1) is 5.92 Å². The average molecular weight is 290 g/mol. The third-order valence-electron chi connectivity index (χ3n) is 4.06. The number of amides is 1. The van der Waals surface area contributed by atoms with Crippen LogP contribution >= 0.6 is 0 Å². The van der Waals surface area contributed by atoms with Crippen LogP contribution in [0.25, 0.3) is 0 Å². The molecular formula is C16H22N2O3. The number of carbonyl (C=O) groups excluding carboxylic acids is 1. The van der Waals surface area contributed by atoms with Gasteiger partial charge in [0.15, 0.2) is 0 Å². The van der Waals surface area contributed by atoms with Gasteiger partial charge >= 0.3 is 5.97 Å². The molecule has 0 spiro atoms. The quantitative estimate of drug-likeness (QED) is 0.767. The van der Waals surface area contributed by atoms with Crippen molar-refractivity contribution in [2.75, 3.05) is 6.54 Å². The van der Waals surface area contributed by atoms with Crippen molar-refractivity contribution in [1.82, 2.24) is 5.32 Å². The SMILES string of the molecule is NC1CCC(C(=O)NCCc2ccc(C(=O)O)cc2)CC1. The minimum atomic E-state index is -0.926. The standard InChI is InChI=1S/C16H22N2O3/c17-14-7-5-12(6-8-14)15(19)18-10-9-11-1-3-13(4-2-11)16(20)21/h1-4,12,14H,5-10,17H2,(H,18,19)(H,20,21). The maximum absolute atomic E-state index is 12.0. The molecule has 1 fully saturated rings. The Morgan fingerprint density at radius 3 is 2.33 bits per heavy atom. The van der Waals surface area contributed by atoms with Gasteiger partial charge in [0.2, 0.25) is 5.91 Å². The number of carboxylic acids is 1. The van der Waals surface area contributed by atoms with E-state index in [1.54, 1.807) is 24.3 Å². The normalized spacial score (nSPS) is 21.8. The predicted octanol–water partition coefficient (Wildman–Crippen LogP) is 1.56. The first-order chi connectivity index (χ1) is 10.1. The number of benzene rings is 1. The number of aromatic carboxylic acids is 1. The lowest BCUT2D eigenvalue weighted by Crippen LogP contribution is -2.37. The van der Waals surface area contributed by atoms with Crippen LogP contribution < -0.4 is 11.1 Å². The number of carbonyl (C=O) groups is 2. The molecule has 0 aliphatic heterocycles. The summed E-state index contributed by atoms with van der Waals surface area (Å²) in [4.78, 5) is 22.8. The highest BCUT2D eigenvalue weighted by Crippen LogP contribution is 2.23. The van der Waals surface area contributed by atoms with Crippen LogP contribution in [0.1, 0.15) is 41.6 Å². The lowest BCUT2D eigenvalue weighted by atomic mass is 9.86. The van der Waals surface area contributed by atoms with Crippen molar-refractivity contribution in [1.29, 1.82) is 0 Å². The van der Waals surface area contributed by atoms with Crippen molar-refractivity contribution < 1.29 is 14.7 Å². The van der Waals surface area contributed by atoms with Gasteiger partial charge in [0.05, 0.1) is 5.56 Å². The molecule has 1 aliphatic carbocycles. The minimum Gasteiger partial charge on any atom is -0.478 e. The van der Waals surface area contributed by atoms with E-state index in [1.807, 2.05) is 0 Å². The van der Waals surface area contributed by atoms with Crippen molar-refractivity contribution >= 4 is 11.9 Å². The molecule has 5 nitrogen and oxygen atoms in total. The Balaban J connectivity index is 1.73. The number of nitrogens with one attached hydrogen (secondary N) is 1. The highest BCUT2D eigenvalue weighted by molar-refractivity contribution is 5.87. The summed E-state index contributed by atoms with van der Waals surface area (Å²) < 4.78 is 0. The Hall–Kier alpha value is -1.88. The first-order valence-corrected chi connectivity index (χ1v) is 7.42. The van der Waals surface area contributed by atoms with E-state index in [0.717, 1.165) is 31.2 Å². The fourth-order valence-electron chi connectivity index (χ4n) is 2.67. The molecule has 0 atom stereocenters. The van der Waals surface area contributed by atoms with Crippen LogP contribution in [0.5, 0.6) is 0 Å². The second-order valence-corrected chi connectivity index (χ2v) is 5.65. The molecule has 1 saturated carbocycles. The van der Waals surface area contributed by atoms with Gasteiger partial charge in [0.25, 0.3) is 0 Å². The van der Waals surface area contributed by atoms with Gasteiger partial charge in [-0.2, -0.15) is 0 Å². The Kier molecular flexibility index (Phi) is 5.33. The summed E-state index contributed by atoms with van der Waals surface area (Å²) in [6.07, 6.45) is 4.31. The summed E-state index contributed by atoms with van der Waals surface area (Å²) in [5.41, 5.74) is 7.13. The molecule has 5 heteroatoms. The van der Waals surface area contributed by atoms with Crippen molar-refractivity contribution in [3.63, 3.8) is 0 Å². The first-order valence-electron chi connectivity index (χ1n) is 7.42. The molecule has 114 valence electrons. The Morgan fingerprint density at radius 1 is 1.14 bits per heavy atom. The lowest BCUT2D eigenvalue weighted by molar-refractivity contribution is -0.125. The van der Waals surface area contributed by atoms with E-state index in [0.29, 0.717) is 13.0 Å². The summed E-state index contributed by atoms with van der Waals surface area (Å²) in [5, 5.41) is 11.8. The molecule has 21 heavy (non-hydrogen) atoms. The monoisotopic (exact) mass is 290 g/mol. The van der Waals surface area contributed by atoms with Gasteiger partial charge in [0, 0.05) is 18.5 Å². The van der Waals surface area contributed by atoms with E-state index in [1.165, 1.54) is 0 Å². The van der Waals surface area contributed by atoms with Crippen LogP contribution in [-0.4, -0.2) is 29.6 Å². The number of rotatable bonds is 5. The van der Waals surface area contributed by atoms with E-state index >= 15 is 0 Å². The van der Waals surface area contributed by atoms with E-state index < -0.39 is 5.97 Å². The van der Waals surface area contributed by atoms with Crippen molar-refractivity contribution in [2.45, 2.75) is 38.1 Å². The van der Waals surface area contributed by atoms with Gasteiger partial charge in [-0.25, -0.2) is 4.79 Å². The molecule has 1 amide bonds. The molecule has 0 unspecified atom stereocenters. The van der Waals surface area contributed by atoms with Gasteiger partial charge in [-0.3, -0.25) is 4.79 Å². The van der Waals surface area contributed by atoms with Crippen molar-refractivity contribution in [3.05, 3.63) is 35.4 Å². The maximum Gasteiger partial charge on any atom is 0.335 e. The van der Waals surface area contributed by atoms with Gasteiger partial charge in [-0.1, -0.05) is 12.1 Å². The molecule has 0 heterocycles. The van der Waals surface area contributed by atoms with Crippen LogP contribution in [0.3, 0.4) is 0 Å². The van der Waals surface area contributed by atoms with Gasteiger partial charge in [0.1, 0.15) is 0 Å². The second-order valence-electron chi connectivity index (χ2n) is 5.65. The zero-order chi connectivity index (χ0) is 15.2. The number of nitrogens with two attached hydrogens (primary N) is 1. The third kappa shape index (κ3) is 4.56. The molecule has 1 aliphatic rings. The summed E-state index contributed by atoms with van der Waals surface area (Å²) in [7, 11) is 0. The Bertz CT molecular complexity index is 491. The summed E-state index contributed by atoms with van der Waals surface area (Å²) >= 11 is 0. The van der Waals surface area contributed by atoms with Gasteiger partial charge in [-0.15, -0.1) is 0 Å². The Morgan fingerprint density at radius 2 is 1.76 bits per heavy atom. The van der Waals surface area contributed by atoms with Crippen LogP contribution in [0.15, 0.2) is 24.3 Å². The van der Waals surface area contributed by atoms with Crippen molar-refractivity contribution in [3.8, 4) is 0 Å². The summed E-state index contributed by atoms with van der Waals surface area (Å²) in [6.45, 7) is 0.577. The molecule has 0 saturated heterocycles. The number of hydrogen-bond donors (Lipinski definition) is 3. The van der Waals surface area contributed by atoms with E-state index in [2.05, 4.69) is 5.32 Å². The zero-order valence-corrected chi connectivity index (χ0v) is 12.0. The highest BCUT2D eigenvalue weighted by Gasteiger charge is 2.23. The fraction of sp³-hybridized carbons (Fsp3) is 0.500. The smallest absolute Gasteiger partial charge is 0.335 e. The van der Waals surface area contributed by atoms with Crippen LogP contribution in [-0.2, 0) is 11.2 Å². The average Bonchev–Trinajstić information content (AvgIpc) is 2.48. The second kappa shape index (κ2) is 7.22. The molecule has 1 aromatic rings. The largest absolute Gasteiger partial charge is 0.478 e. The lowest BCUT2D eigenvalue weighted by Gasteiger charge is -2.25. The number of hydrogen-bond acceptors (Lipinski definition) is 3. The third-order valence-corrected chi connectivity index (χ3v) is 4.06. The summed E-state index contributed by atoms with van der Waals surface area (Å²) in [6, 6.07) is 7.00. The maximum atomic E-state index is 12.0. The van der Waals surface area contributed by atoms with Crippen LogP contribution in [0.4, 0.5) is 0 Å². The minimum absolute atomic E-state index is 0.0965. The summed E-state index contributed by atoms with van der Waals surface area (Å²) in [5.74, 6) is -0.714. The molecule has 0 bridgehead atoms. The zero-order valence-electron chi connectivity index (χ0n) is 12.0. The van der Waals surface area contributed by atoms with Gasteiger partial charge < -0.3 is 16.2 Å². The van der Waals surface area contributed by atoms with E-state index in [9.17, 15) is 9.59 Å². The van der Waals surface area contributed by atoms with Gasteiger partial charge in [-0.05, 0) is 49.8 Å².